The van der Waals surface area contributed by atoms with Crippen LogP contribution in [0.1, 0.15) is 10.4 Å². The van der Waals surface area contributed by atoms with Crippen molar-refractivity contribution in [2.75, 3.05) is 10.6 Å². The summed E-state index contributed by atoms with van der Waals surface area (Å²) < 4.78 is 27.2. The summed E-state index contributed by atoms with van der Waals surface area (Å²) in [7, 11) is 0. The number of anilines is 3. The molecule has 0 fully saturated rings. The van der Waals surface area contributed by atoms with Crippen molar-refractivity contribution in [2.45, 2.75) is 0 Å². The van der Waals surface area contributed by atoms with Crippen molar-refractivity contribution in [3.8, 4) is 0 Å². The van der Waals surface area contributed by atoms with Crippen molar-refractivity contribution in [1.82, 2.24) is 0 Å². The van der Waals surface area contributed by atoms with Gasteiger partial charge in [-0.1, -0.05) is 24.3 Å². The lowest BCUT2D eigenvalue weighted by atomic mass is 10.2. The Kier molecular flexibility index (Phi) is 4.52. The van der Waals surface area contributed by atoms with Crippen LogP contribution in [0.5, 0.6) is 0 Å². The second-order valence-corrected chi connectivity index (χ2v) is 5.12. The number of benzene rings is 3. The maximum Gasteiger partial charge on any atom is 0.255 e. The van der Waals surface area contributed by atoms with Crippen molar-refractivity contribution in [3.05, 3.63) is 90.0 Å². The molecule has 3 aromatic rings. The Morgan fingerprint density at radius 2 is 1.29 bits per heavy atom. The Bertz CT molecular complexity index is 829. The molecule has 0 aliphatic heterocycles. The van der Waals surface area contributed by atoms with Gasteiger partial charge in [-0.15, -0.1) is 0 Å². The summed E-state index contributed by atoms with van der Waals surface area (Å²) in [5, 5.41) is 5.45. The third-order valence-corrected chi connectivity index (χ3v) is 3.41. The van der Waals surface area contributed by atoms with Crippen LogP contribution in [0.3, 0.4) is 0 Å². The molecule has 0 heterocycles. The predicted molar refractivity (Wildman–Crippen MR) is 90.5 cm³/mol. The molecule has 0 atom stereocenters. The first-order valence-electron chi connectivity index (χ1n) is 7.31. The maximum atomic E-state index is 13.6. The van der Waals surface area contributed by atoms with Crippen molar-refractivity contribution >= 4 is 23.0 Å². The molecule has 0 spiro atoms. The van der Waals surface area contributed by atoms with E-state index in [1.54, 1.807) is 48.5 Å². The van der Waals surface area contributed by atoms with Gasteiger partial charge in [-0.05, 0) is 48.5 Å². The van der Waals surface area contributed by atoms with Crippen LogP contribution < -0.4 is 10.6 Å². The van der Waals surface area contributed by atoms with Crippen LogP contribution in [-0.2, 0) is 0 Å². The molecule has 0 aliphatic carbocycles. The van der Waals surface area contributed by atoms with E-state index in [0.717, 1.165) is 0 Å². The molecule has 3 nitrogen and oxygen atoms in total. The summed E-state index contributed by atoms with van der Waals surface area (Å²) in [6.07, 6.45) is 0. The van der Waals surface area contributed by atoms with Crippen LogP contribution in [0.2, 0.25) is 0 Å². The zero-order chi connectivity index (χ0) is 16.9. The van der Waals surface area contributed by atoms with Crippen LogP contribution >= 0.6 is 0 Å². The minimum atomic E-state index is -0.670. The second-order valence-electron chi connectivity index (χ2n) is 5.12. The molecule has 24 heavy (non-hydrogen) atoms. The first-order chi connectivity index (χ1) is 11.6. The molecule has 0 bridgehead atoms. The van der Waals surface area contributed by atoms with E-state index in [1.807, 2.05) is 6.07 Å². The Morgan fingerprint density at radius 1 is 0.708 bits per heavy atom. The van der Waals surface area contributed by atoms with Crippen molar-refractivity contribution in [3.63, 3.8) is 0 Å². The molecule has 0 saturated heterocycles. The highest BCUT2D eigenvalue weighted by Crippen LogP contribution is 2.24. The summed E-state index contributed by atoms with van der Waals surface area (Å²) in [4.78, 5) is 12.1. The highest BCUT2D eigenvalue weighted by molar-refractivity contribution is 6.04. The van der Waals surface area contributed by atoms with Gasteiger partial charge in [0, 0.05) is 16.9 Å². The van der Waals surface area contributed by atoms with E-state index in [4.69, 9.17) is 0 Å². The van der Waals surface area contributed by atoms with Gasteiger partial charge in [0.1, 0.15) is 17.3 Å². The molecule has 3 aromatic carbocycles. The van der Waals surface area contributed by atoms with Crippen molar-refractivity contribution in [1.29, 1.82) is 0 Å². The van der Waals surface area contributed by atoms with Gasteiger partial charge in [0.2, 0.25) is 0 Å². The average Bonchev–Trinajstić information content (AvgIpc) is 2.60. The molecule has 2 N–H and O–H groups in total. The number of carbonyl (C=O) groups excluding carboxylic acids is 1. The van der Waals surface area contributed by atoms with E-state index < -0.39 is 11.6 Å². The average molecular weight is 324 g/mol. The Labute approximate surface area is 138 Å². The molecule has 0 aliphatic rings. The van der Waals surface area contributed by atoms with Crippen LogP contribution in [0, 0.1) is 11.6 Å². The van der Waals surface area contributed by atoms with E-state index in [9.17, 15) is 13.6 Å². The fourth-order valence-electron chi connectivity index (χ4n) is 2.19. The summed E-state index contributed by atoms with van der Waals surface area (Å²) in [6, 6.07) is 19.1. The molecular formula is C19H14F2N2O. The minimum Gasteiger partial charge on any atom is -0.351 e. The Hall–Kier alpha value is -3.21. The monoisotopic (exact) mass is 324 g/mol. The number of nitrogens with one attached hydrogen (secondary N) is 2. The standard InChI is InChI=1S/C19H14F2N2O/c20-16-7-4-8-17(21)18(16)22-14-9-11-15(12-10-14)23-19(24)13-5-2-1-3-6-13/h1-12,22H,(H,23,24). The van der Waals surface area contributed by atoms with Gasteiger partial charge in [0.05, 0.1) is 0 Å². The molecule has 3 rings (SSSR count). The van der Waals surface area contributed by atoms with Crippen molar-refractivity contribution in [2.24, 2.45) is 0 Å². The third kappa shape index (κ3) is 3.57. The SMILES string of the molecule is O=C(Nc1ccc(Nc2c(F)cccc2F)cc1)c1ccccc1. The molecular weight excluding hydrogens is 310 g/mol. The molecule has 1 amide bonds. The van der Waals surface area contributed by atoms with Crippen LogP contribution in [0.4, 0.5) is 25.8 Å². The van der Waals surface area contributed by atoms with E-state index in [-0.39, 0.29) is 11.6 Å². The zero-order valence-electron chi connectivity index (χ0n) is 12.6. The fourth-order valence-corrected chi connectivity index (χ4v) is 2.19. The summed E-state index contributed by atoms with van der Waals surface area (Å²) in [5.74, 6) is -1.57. The highest BCUT2D eigenvalue weighted by atomic mass is 19.1. The normalized spacial score (nSPS) is 10.2. The molecule has 120 valence electrons. The van der Waals surface area contributed by atoms with Gasteiger partial charge in [-0.3, -0.25) is 4.79 Å². The Morgan fingerprint density at radius 3 is 1.92 bits per heavy atom. The van der Waals surface area contributed by atoms with Crippen LogP contribution in [0.15, 0.2) is 72.8 Å². The topological polar surface area (TPSA) is 41.1 Å². The van der Waals surface area contributed by atoms with Crippen LogP contribution in [0.25, 0.3) is 0 Å². The van der Waals surface area contributed by atoms with E-state index >= 15 is 0 Å². The quantitative estimate of drug-likeness (QED) is 0.712. The highest BCUT2D eigenvalue weighted by Gasteiger charge is 2.09. The van der Waals surface area contributed by atoms with Gasteiger partial charge in [0.25, 0.3) is 5.91 Å². The number of rotatable bonds is 4. The number of halogens is 2. The lowest BCUT2D eigenvalue weighted by Gasteiger charge is -2.10. The van der Waals surface area contributed by atoms with E-state index in [1.165, 1.54) is 18.2 Å². The molecule has 0 radical (unpaired) electrons. The number of amides is 1. The Balaban J connectivity index is 1.71. The summed E-state index contributed by atoms with van der Waals surface area (Å²) >= 11 is 0. The number of hydrogen-bond donors (Lipinski definition) is 2. The summed E-state index contributed by atoms with van der Waals surface area (Å²) in [6.45, 7) is 0. The van der Waals surface area contributed by atoms with Gasteiger partial charge in [-0.2, -0.15) is 0 Å². The number of hydrogen-bond acceptors (Lipinski definition) is 2. The van der Waals surface area contributed by atoms with Gasteiger partial charge in [-0.25, -0.2) is 8.78 Å². The van der Waals surface area contributed by atoms with E-state index in [0.29, 0.717) is 16.9 Å². The van der Waals surface area contributed by atoms with Crippen molar-refractivity contribution < 1.29 is 13.6 Å². The smallest absolute Gasteiger partial charge is 0.255 e. The van der Waals surface area contributed by atoms with Crippen LogP contribution in [-0.4, -0.2) is 5.91 Å². The number of carbonyl (C=O) groups is 1. The lowest BCUT2D eigenvalue weighted by molar-refractivity contribution is 0.102. The molecule has 0 unspecified atom stereocenters. The first kappa shape index (κ1) is 15.7. The minimum absolute atomic E-state index is 0.210. The fraction of sp³-hybridized carbons (Fsp3) is 0. The maximum absolute atomic E-state index is 13.6. The largest absolute Gasteiger partial charge is 0.351 e. The van der Waals surface area contributed by atoms with E-state index in [2.05, 4.69) is 10.6 Å². The summed E-state index contributed by atoms with van der Waals surface area (Å²) in [5.41, 5.74) is 1.44. The van der Waals surface area contributed by atoms with Gasteiger partial charge >= 0.3 is 0 Å². The molecule has 5 heteroatoms. The predicted octanol–water partition coefficient (Wildman–Crippen LogP) is 4.96. The second kappa shape index (κ2) is 6.91. The third-order valence-electron chi connectivity index (χ3n) is 3.41. The lowest BCUT2D eigenvalue weighted by Crippen LogP contribution is -2.11. The molecule has 0 aromatic heterocycles. The van der Waals surface area contributed by atoms with Gasteiger partial charge < -0.3 is 10.6 Å². The van der Waals surface area contributed by atoms with Gasteiger partial charge in [0.15, 0.2) is 0 Å². The number of para-hydroxylation sites is 1. The molecule has 0 saturated carbocycles. The zero-order valence-corrected chi connectivity index (χ0v) is 12.6. The first-order valence-corrected chi connectivity index (χ1v) is 7.31.